The Balaban J connectivity index is 2.44. The number of nitrogens with one attached hydrogen (secondary N) is 1. The molecule has 0 atom stereocenters. The fourth-order valence-electron chi connectivity index (χ4n) is 1.75. The van der Waals surface area contributed by atoms with Crippen molar-refractivity contribution in [1.29, 1.82) is 0 Å². The maximum absolute atomic E-state index is 6.06. The van der Waals surface area contributed by atoms with Gasteiger partial charge in [-0.2, -0.15) is 0 Å². The summed E-state index contributed by atoms with van der Waals surface area (Å²) >= 11 is 12.1. The second kappa shape index (κ2) is 6.11. The smallest absolute Gasteiger partial charge is 0.144 e. The van der Waals surface area contributed by atoms with Gasteiger partial charge < -0.3 is 20.5 Å². The fourth-order valence-corrected chi connectivity index (χ4v) is 2.15. The molecule has 0 fully saturated rings. The van der Waals surface area contributed by atoms with E-state index in [4.69, 9.17) is 38.4 Å². The van der Waals surface area contributed by atoms with Gasteiger partial charge in [-0.05, 0) is 12.1 Å². The molecule has 0 aromatic heterocycles. The average molecular weight is 313 g/mol. The molecular weight excluding hydrogens is 299 g/mol. The molecule has 2 aromatic carbocycles. The summed E-state index contributed by atoms with van der Waals surface area (Å²) in [5.41, 5.74) is 7.76. The number of methoxy groups -OCH3 is 2. The highest BCUT2D eigenvalue weighted by Gasteiger charge is 2.12. The second-order valence-corrected chi connectivity index (χ2v) is 4.83. The SMILES string of the molecule is COc1cc(Nc2cccc(Cl)c2N)c(OC)cc1Cl. The maximum Gasteiger partial charge on any atom is 0.144 e. The van der Waals surface area contributed by atoms with Crippen LogP contribution >= 0.6 is 23.2 Å². The highest BCUT2D eigenvalue weighted by atomic mass is 35.5. The lowest BCUT2D eigenvalue weighted by Gasteiger charge is -2.15. The van der Waals surface area contributed by atoms with Gasteiger partial charge in [0.2, 0.25) is 0 Å². The normalized spacial score (nSPS) is 10.2. The van der Waals surface area contributed by atoms with Crippen molar-refractivity contribution in [3.05, 3.63) is 40.4 Å². The Morgan fingerprint density at radius 2 is 1.65 bits per heavy atom. The van der Waals surface area contributed by atoms with Crippen LogP contribution < -0.4 is 20.5 Å². The molecule has 2 aromatic rings. The molecule has 4 nitrogen and oxygen atoms in total. The third kappa shape index (κ3) is 2.86. The van der Waals surface area contributed by atoms with Gasteiger partial charge in [0.1, 0.15) is 11.5 Å². The molecule has 0 saturated heterocycles. The van der Waals surface area contributed by atoms with E-state index < -0.39 is 0 Å². The molecular formula is C14H14Cl2N2O2. The standard InChI is InChI=1S/C14H14Cl2N2O2/c1-19-12-7-11(13(20-2)6-9(12)16)18-10-5-3-4-8(15)14(10)17/h3-7,18H,17H2,1-2H3. The van der Waals surface area contributed by atoms with E-state index in [1.807, 2.05) is 6.07 Å². The number of anilines is 3. The number of rotatable bonds is 4. The average Bonchev–Trinajstić information content (AvgIpc) is 2.45. The molecule has 106 valence electrons. The van der Waals surface area contributed by atoms with E-state index in [0.717, 1.165) is 0 Å². The van der Waals surface area contributed by atoms with Crippen LogP contribution in [0.4, 0.5) is 17.1 Å². The Morgan fingerprint density at radius 1 is 0.950 bits per heavy atom. The zero-order chi connectivity index (χ0) is 14.7. The summed E-state index contributed by atoms with van der Waals surface area (Å²) in [7, 11) is 3.11. The summed E-state index contributed by atoms with van der Waals surface area (Å²) in [6.07, 6.45) is 0. The Labute approximate surface area is 127 Å². The van der Waals surface area contributed by atoms with Crippen LogP contribution in [0.5, 0.6) is 11.5 Å². The van der Waals surface area contributed by atoms with Crippen LogP contribution in [0.3, 0.4) is 0 Å². The van der Waals surface area contributed by atoms with Crippen molar-refractivity contribution in [1.82, 2.24) is 0 Å². The minimum absolute atomic E-state index is 0.463. The van der Waals surface area contributed by atoms with E-state index in [9.17, 15) is 0 Å². The number of hydrogen-bond donors (Lipinski definition) is 2. The molecule has 0 spiro atoms. The van der Waals surface area contributed by atoms with Gasteiger partial charge in [-0.1, -0.05) is 29.3 Å². The largest absolute Gasteiger partial charge is 0.495 e. The molecule has 0 aliphatic rings. The van der Waals surface area contributed by atoms with Gasteiger partial charge >= 0.3 is 0 Å². The van der Waals surface area contributed by atoms with Crippen LogP contribution in [0.1, 0.15) is 0 Å². The monoisotopic (exact) mass is 312 g/mol. The van der Waals surface area contributed by atoms with Crippen LogP contribution in [0, 0.1) is 0 Å². The number of benzene rings is 2. The summed E-state index contributed by atoms with van der Waals surface area (Å²) in [4.78, 5) is 0. The quantitative estimate of drug-likeness (QED) is 0.825. The zero-order valence-corrected chi connectivity index (χ0v) is 12.5. The summed E-state index contributed by atoms with van der Waals surface area (Å²) in [6.45, 7) is 0. The summed E-state index contributed by atoms with van der Waals surface area (Å²) in [5, 5.41) is 4.11. The molecule has 0 heterocycles. The number of halogens is 2. The van der Waals surface area contributed by atoms with Gasteiger partial charge in [-0.15, -0.1) is 0 Å². The molecule has 2 rings (SSSR count). The highest BCUT2D eigenvalue weighted by molar-refractivity contribution is 6.34. The van der Waals surface area contributed by atoms with Gasteiger partial charge in [-0.3, -0.25) is 0 Å². The Bertz CT molecular complexity index is 633. The van der Waals surface area contributed by atoms with E-state index in [2.05, 4.69) is 5.32 Å². The predicted molar refractivity (Wildman–Crippen MR) is 83.7 cm³/mol. The van der Waals surface area contributed by atoms with Crippen LogP contribution in [0.15, 0.2) is 30.3 Å². The van der Waals surface area contributed by atoms with Crippen LogP contribution in [0.2, 0.25) is 10.0 Å². The van der Waals surface area contributed by atoms with Crippen molar-refractivity contribution in [3.8, 4) is 11.5 Å². The molecule has 0 unspecified atom stereocenters. The molecule has 20 heavy (non-hydrogen) atoms. The van der Waals surface area contributed by atoms with Crippen molar-refractivity contribution >= 4 is 40.3 Å². The first-order valence-electron chi connectivity index (χ1n) is 5.79. The molecule has 3 N–H and O–H groups in total. The molecule has 0 radical (unpaired) electrons. The number of hydrogen-bond acceptors (Lipinski definition) is 4. The van der Waals surface area contributed by atoms with Crippen molar-refractivity contribution in [2.75, 3.05) is 25.3 Å². The van der Waals surface area contributed by atoms with E-state index in [1.165, 1.54) is 0 Å². The first-order chi connectivity index (χ1) is 9.56. The number of ether oxygens (including phenoxy) is 2. The minimum Gasteiger partial charge on any atom is -0.495 e. The minimum atomic E-state index is 0.463. The van der Waals surface area contributed by atoms with Crippen LogP contribution in [-0.4, -0.2) is 14.2 Å². The summed E-state index contributed by atoms with van der Waals surface area (Å²) in [6, 6.07) is 8.76. The van der Waals surface area contributed by atoms with Gasteiger partial charge in [0.25, 0.3) is 0 Å². The lowest BCUT2D eigenvalue weighted by atomic mass is 10.2. The molecule has 0 aliphatic carbocycles. The lowest BCUT2D eigenvalue weighted by Crippen LogP contribution is -1.99. The van der Waals surface area contributed by atoms with Crippen molar-refractivity contribution < 1.29 is 9.47 Å². The Hall–Kier alpha value is -1.78. The molecule has 0 bridgehead atoms. The van der Waals surface area contributed by atoms with E-state index in [-0.39, 0.29) is 0 Å². The third-order valence-corrected chi connectivity index (χ3v) is 3.42. The molecule has 0 saturated carbocycles. The van der Waals surface area contributed by atoms with Crippen molar-refractivity contribution in [2.45, 2.75) is 0 Å². The first kappa shape index (κ1) is 14.6. The van der Waals surface area contributed by atoms with Crippen molar-refractivity contribution in [2.24, 2.45) is 0 Å². The topological polar surface area (TPSA) is 56.5 Å². The molecule has 0 aliphatic heterocycles. The molecule has 0 amide bonds. The first-order valence-corrected chi connectivity index (χ1v) is 6.55. The third-order valence-electron chi connectivity index (χ3n) is 2.80. The number of para-hydroxylation sites is 1. The summed E-state index contributed by atoms with van der Waals surface area (Å²) in [5.74, 6) is 1.12. The van der Waals surface area contributed by atoms with Gasteiger partial charge in [-0.25, -0.2) is 0 Å². The predicted octanol–water partition coefficient (Wildman–Crippen LogP) is 4.34. The molecule has 6 heteroatoms. The maximum atomic E-state index is 6.06. The van der Waals surface area contributed by atoms with Gasteiger partial charge in [0.15, 0.2) is 0 Å². The zero-order valence-electron chi connectivity index (χ0n) is 11.0. The van der Waals surface area contributed by atoms with E-state index in [0.29, 0.717) is 38.6 Å². The number of nitrogen functional groups attached to an aromatic ring is 1. The van der Waals surface area contributed by atoms with Gasteiger partial charge in [0, 0.05) is 12.1 Å². The van der Waals surface area contributed by atoms with E-state index in [1.54, 1.807) is 38.5 Å². The highest BCUT2D eigenvalue weighted by Crippen LogP contribution is 2.39. The van der Waals surface area contributed by atoms with Crippen LogP contribution in [0.25, 0.3) is 0 Å². The van der Waals surface area contributed by atoms with Crippen LogP contribution in [-0.2, 0) is 0 Å². The fraction of sp³-hybridized carbons (Fsp3) is 0.143. The second-order valence-electron chi connectivity index (χ2n) is 4.01. The van der Waals surface area contributed by atoms with Gasteiger partial charge in [0.05, 0.1) is 41.3 Å². The Kier molecular flexibility index (Phi) is 4.47. The number of nitrogens with two attached hydrogens (primary N) is 1. The Morgan fingerprint density at radius 3 is 2.30 bits per heavy atom. The lowest BCUT2D eigenvalue weighted by molar-refractivity contribution is 0.405. The van der Waals surface area contributed by atoms with Crippen molar-refractivity contribution in [3.63, 3.8) is 0 Å². The van der Waals surface area contributed by atoms with E-state index >= 15 is 0 Å². The summed E-state index contributed by atoms with van der Waals surface area (Å²) < 4.78 is 10.5.